The highest BCUT2D eigenvalue weighted by molar-refractivity contribution is 8.00. The zero-order valence-electron chi connectivity index (χ0n) is 11.6. The number of nitro groups is 1. The molecule has 0 unspecified atom stereocenters. The Labute approximate surface area is 126 Å². The smallest absolute Gasteiger partial charge is 0.269 e. The van der Waals surface area contributed by atoms with Crippen LogP contribution in [0.15, 0.2) is 29.2 Å². The minimum Gasteiger partial charge on any atom is -0.394 e. The summed E-state index contributed by atoms with van der Waals surface area (Å²) in [4.78, 5) is 22.6. The topological polar surface area (TPSA) is 113 Å². The number of nitrogens with zero attached hydrogens (tertiary/aromatic N) is 1. The fraction of sp³-hybridized carbons (Fsp3) is 0.462. The maximum absolute atomic E-state index is 11.8. The first-order valence-corrected chi connectivity index (χ1v) is 7.35. The number of aliphatic hydroxyl groups excluding tert-OH is 2. The SMILES string of the molecule is CCC(CO)(CO)NC(=O)CSc1ccc([N+](=O)[O-])cc1. The Kier molecular flexibility index (Phi) is 6.60. The minimum atomic E-state index is -1.01. The Morgan fingerprint density at radius 2 is 1.90 bits per heavy atom. The van der Waals surface area contributed by atoms with E-state index in [1.54, 1.807) is 19.1 Å². The molecule has 0 aromatic heterocycles. The third-order valence-electron chi connectivity index (χ3n) is 3.10. The van der Waals surface area contributed by atoms with E-state index in [1.807, 2.05) is 0 Å². The third-order valence-corrected chi connectivity index (χ3v) is 4.12. The number of benzene rings is 1. The summed E-state index contributed by atoms with van der Waals surface area (Å²) >= 11 is 1.22. The van der Waals surface area contributed by atoms with E-state index in [2.05, 4.69) is 5.32 Å². The van der Waals surface area contributed by atoms with Gasteiger partial charge in [0.25, 0.3) is 5.69 Å². The summed E-state index contributed by atoms with van der Waals surface area (Å²) in [5.41, 5.74) is -1.01. The van der Waals surface area contributed by atoms with Crippen molar-refractivity contribution in [1.29, 1.82) is 0 Å². The number of rotatable bonds is 8. The molecule has 0 bridgehead atoms. The van der Waals surface area contributed by atoms with Gasteiger partial charge >= 0.3 is 0 Å². The molecular formula is C13H18N2O5S. The van der Waals surface area contributed by atoms with Crippen LogP contribution in [0.2, 0.25) is 0 Å². The van der Waals surface area contributed by atoms with Crippen LogP contribution in [0.1, 0.15) is 13.3 Å². The van der Waals surface area contributed by atoms with Crippen LogP contribution in [0.3, 0.4) is 0 Å². The molecule has 21 heavy (non-hydrogen) atoms. The van der Waals surface area contributed by atoms with Gasteiger partial charge < -0.3 is 15.5 Å². The lowest BCUT2D eigenvalue weighted by Crippen LogP contribution is -2.54. The summed E-state index contributed by atoms with van der Waals surface area (Å²) in [6.07, 6.45) is 0.411. The molecule has 1 aromatic rings. The molecule has 0 aliphatic carbocycles. The van der Waals surface area contributed by atoms with Gasteiger partial charge in [0.05, 0.1) is 29.4 Å². The Morgan fingerprint density at radius 3 is 2.33 bits per heavy atom. The first kappa shape index (κ1) is 17.4. The number of hydrogen-bond acceptors (Lipinski definition) is 6. The van der Waals surface area contributed by atoms with Gasteiger partial charge in [-0.25, -0.2) is 0 Å². The quantitative estimate of drug-likeness (QED) is 0.374. The zero-order valence-corrected chi connectivity index (χ0v) is 12.4. The van der Waals surface area contributed by atoms with Crippen molar-refractivity contribution < 1.29 is 19.9 Å². The van der Waals surface area contributed by atoms with Crippen LogP contribution in [-0.4, -0.2) is 45.5 Å². The van der Waals surface area contributed by atoms with Gasteiger partial charge in [-0.1, -0.05) is 6.92 Å². The molecule has 116 valence electrons. The van der Waals surface area contributed by atoms with Crippen molar-refractivity contribution in [2.24, 2.45) is 0 Å². The molecule has 1 rings (SSSR count). The monoisotopic (exact) mass is 314 g/mol. The molecule has 0 atom stereocenters. The van der Waals surface area contributed by atoms with Crippen molar-refractivity contribution in [1.82, 2.24) is 5.32 Å². The number of hydrogen-bond donors (Lipinski definition) is 3. The molecule has 0 aliphatic heterocycles. The second-order valence-corrected chi connectivity index (χ2v) is 5.59. The number of amides is 1. The Bertz CT molecular complexity index is 480. The zero-order chi connectivity index (χ0) is 15.9. The molecule has 0 saturated carbocycles. The predicted molar refractivity (Wildman–Crippen MR) is 79.2 cm³/mol. The van der Waals surface area contributed by atoms with Crippen LogP contribution in [-0.2, 0) is 4.79 Å². The number of aliphatic hydroxyl groups is 2. The first-order chi connectivity index (χ1) is 9.96. The lowest BCUT2D eigenvalue weighted by atomic mass is 9.99. The molecule has 1 amide bonds. The average molecular weight is 314 g/mol. The van der Waals surface area contributed by atoms with Crippen molar-refractivity contribution >= 4 is 23.4 Å². The number of carbonyl (C=O) groups is 1. The molecular weight excluding hydrogens is 296 g/mol. The molecule has 1 aromatic carbocycles. The summed E-state index contributed by atoms with van der Waals surface area (Å²) < 4.78 is 0. The highest BCUT2D eigenvalue weighted by Crippen LogP contribution is 2.21. The van der Waals surface area contributed by atoms with Crippen molar-refractivity contribution in [2.45, 2.75) is 23.8 Å². The van der Waals surface area contributed by atoms with Crippen molar-refractivity contribution in [3.63, 3.8) is 0 Å². The molecule has 7 nitrogen and oxygen atoms in total. The molecule has 0 heterocycles. The highest BCUT2D eigenvalue weighted by Gasteiger charge is 2.28. The van der Waals surface area contributed by atoms with Crippen LogP contribution >= 0.6 is 11.8 Å². The molecule has 0 spiro atoms. The van der Waals surface area contributed by atoms with Gasteiger partial charge in [0.15, 0.2) is 0 Å². The maximum atomic E-state index is 11.8. The molecule has 0 radical (unpaired) electrons. The van der Waals surface area contributed by atoms with E-state index in [-0.39, 0.29) is 30.6 Å². The Balaban J connectivity index is 2.54. The second-order valence-electron chi connectivity index (χ2n) is 4.54. The fourth-order valence-electron chi connectivity index (χ4n) is 1.59. The van der Waals surface area contributed by atoms with Crippen LogP contribution in [0, 0.1) is 10.1 Å². The van der Waals surface area contributed by atoms with E-state index in [0.29, 0.717) is 6.42 Å². The van der Waals surface area contributed by atoms with Gasteiger partial charge in [-0.05, 0) is 18.6 Å². The summed E-state index contributed by atoms with van der Waals surface area (Å²) in [5, 5.41) is 31.6. The number of thioether (sulfide) groups is 1. The number of nitro benzene ring substituents is 1. The van der Waals surface area contributed by atoms with E-state index < -0.39 is 10.5 Å². The van der Waals surface area contributed by atoms with Gasteiger partial charge in [-0.15, -0.1) is 11.8 Å². The van der Waals surface area contributed by atoms with E-state index in [4.69, 9.17) is 0 Å². The summed E-state index contributed by atoms with van der Waals surface area (Å²) in [6.45, 7) is 1.08. The molecule has 8 heteroatoms. The Morgan fingerprint density at radius 1 is 1.33 bits per heavy atom. The second kappa shape index (κ2) is 7.96. The van der Waals surface area contributed by atoms with Crippen LogP contribution in [0.5, 0.6) is 0 Å². The van der Waals surface area contributed by atoms with Gasteiger partial charge in [0.1, 0.15) is 0 Å². The molecule has 0 saturated heterocycles. The summed E-state index contributed by atoms with van der Waals surface area (Å²) in [5.74, 6) is -0.220. The van der Waals surface area contributed by atoms with Crippen LogP contribution in [0.25, 0.3) is 0 Å². The van der Waals surface area contributed by atoms with Gasteiger partial charge in [0.2, 0.25) is 5.91 Å². The van der Waals surface area contributed by atoms with E-state index >= 15 is 0 Å². The summed E-state index contributed by atoms with van der Waals surface area (Å²) in [7, 11) is 0. The third kappa shape index (κ3) is 5.00. The van der Waals surface area contributed by atoms with E-state index in [9.17, 15) is 25.1 Å². The van der Waals surface area contributed by atoms with Crippen molar-refractivity contribution in [3.05, 3.63) is 34.4 Å². The first-order valence-electron chi connectivity index (χ1n) is 6.36. The van der Waals surface area contributed by atoms with Crippen LogP contribution in [0.4, 0.5) is 5.69 Å². The van der Waals surface area contributed by atoms with Gasteiger partial charge in [0, 0.05) is 17.0 Å². The fourth-order valence-corrected chi connectivity index (χ4v) is 2.28. The standard InChI is InChI=1S/C13H18N2O5S/c1-2-13(8-16,9-17)14-12(18)7-21-11-5-3-10(4-6-11)15(19)20/h3-6,16-17H,2,7-9H2,1H3,(H,14,18). The number of carbonyl (C=O) groups excluding carboxylic acids is 1. The average Bonchev–Trinajstić information content (AvgIpc) is 2.51. The van der Waals surface area contributed by atoms with E-state index in [0.717, 1.165) is 4.90 Å². The van der Waals surface area contributed by atoms with Crippen molar-refractivity contribution in [3.8, 4) is 0 Å². The summed E-state index contributed by atoms with van der Waals surface area (Å²) in [6, 6.07) is 5.89. The molecule has 0 fully saturated rings. The lowest BCUT2D eigenvalue weighted by molar-refractivity contribution is -0.384. The lowest BCUT2D eigenvalue weighted by Gasteiger charge is -2.29. The molecule has 0 aliphatic rings. The minimum absolute atomic E-state index is 0.00522. The van der Waals surface area contributed by atoms with Crippen LogP contribution < -0.4 is 5.32 Å². The largest absolute Gasteiger partial charge is 0.394 e. The maximum Gasteiger partial charge on any atom is 0.269 e. The Hall–Kier alpha value is -1.64. The predicted octanol–water partition coefficient (Wildman–Crippen LogP) is 0.937. The molecule has 3 N–H and O–H groups in total. The van der Waals surface area contributed by atoms with E-state index in [1.165, 1.54) is 23.9 Å². The number of non-ortho nitro benzene ring substituents is 1. The highest BCUT2D eigenvalue weighted by atomic mass is 32.2. The van der Waals surface area contributed by atoms with Gasteiger partial charge in [-0.3, -0.25) is 14.9 Å². The number of nitrogens with one attached hydrogen (secondary N) is 1. The van der Waals surface area contributed by atoms with Gasteiger partial charge in [-0.2, -0.15) is 0 Å². The normalized spacial score (nSPS) is 11.2. The van der Waals surface area contributed by atoms with Crippen molar-refractivity contribution in [2.75, 3.05) is 19.0 Å².